The van der Waals surface area contributed by atoms with E-state index in [1.165, 1.54) is 6.33 Å². The largest absolute Gasteiger partial charge is 0.457 e. The van der Waals surface area contributed by atoms with Crippen LogP contribution in [0.15, 0.2) is 60.9 Å². The molecular weight excluding hydrogens is 418 g/mol. The molecule has 1 aliphatic rings. The van der Waals surface area contributed by atoms with Crippen molar-refractivity contribution in [3.05, 3.63) is 60.9 Å². The Balaban J connectivity index is 1.49. The second-order valence-electron chi connectivity index (χ2n) is 8.10. The Labute approximate surface area is 193 Å². The summed E-state index contributed by atoms with van der Waals surface area (Å²) in [6.45, 7) is 0.226. The quantitative estimate of drug-likeness (QED) is 0.444. The number of benzene rings is 2. The number of hydrogen-bond donors (Lipinski definition) is 3. The van der Waals surface area contributed by atoms with E-state index < -0.39 is 0 Å². The fourth-order valence-electron chi connectivity index (χ4n) is 4.15. The van der Waals surface area contributed by atoms with E-state index in [1.807, 2.05) is 54.6 Å². The van der Waals surface area contributed by atoms with Crippen molar-refractivity contribution >= 4 is 17.5 Å². The number of methoxy groups -OCH3 is 1. The van der Waals surface area contributed by atoms with Crippen molar-refractivity contribution in [2.45, 2.75) is 31.7 Å². The number of rotatable bonds is 8. The Morgan fingerprint density at radius 1 is 1.06 bits per heavy atom. The average molecular weight is 448 g/mol. The van der Waals surface area contributed by atoms with E-state index in [-0.39, 0.29) is 24.6 Å². The zero-order valence-electron chi connectivity index (χ0n) is 18.7. The lowest BCUT2D eigenvalue weighted by Gasteiger charge is -2.30. The van der Waals surface area contributed by atoms with Gasteiger partial charge in [0.15, 0.2) is 0 Å². The number of aromatic nitrogens is 2. The summed E-state index contributed by atoms with van der Waals surface area (Å²) in [5, 5.41) is 6.32. The van der Waals surface area contributed by atoms with Crippen LogP contribution in [-0.4, -0.2) is 35.8 Å². The maximum Gasteiger partial charge on any atom is 0.224 e. The van der Waals surface area contributed by atoms with Gasteiger partial charge in [-0.1, -0.05) is 36.8 Å². The molecule has 3 aromatic rings. The Kier molecular flexibility index (Phi) is 7.36. The van der Waals surface area contributed by atoms with Gasteiger partial charge in [0.25, 0.3) is 0 Å². The van der Waals surface area contributed by atoms with Crippen LogP contribution in [0, 0.1) is 5.92 Å². The molecule has 1 amide bonds. The van der Waals surface area contributed by atoms with Gasteiger partial charge in [-0.25, -0.2) is 9.97 Å². The topological polar surface area (TPSA) is 111 Å². The van der Waals surface area contributed by atoms with Gasteiger partial charge in [0, 0.05) is 19.1 Å². The average Bonchev–Trinajstić information content (AvgIpc) is 2.84. The smallest absolute Gasteiger partial charge is 0.224 e. The second-order valence-corrected chi connectivity index (χ2v) is 8.10. The van der Waals surface area contributed by atoms with Gasteiger partial charge >= 0.3 is 0 Å². The van der Waals surface area contributed by atoms with Gasteiger partial charge in [-0.15, -0.1) is 0 Å². The van der Waals surface area contributed by atoms with Crippen LogP contribution in [0.5, 0.6) is 11.5 Å². The highest BCUT2D eigenvalue weighted by atomic mass is 16.5. The molecule has 1 heterocycles. The number of anilines is 2. The van der Waals surface area contributed by atoms with E-state index in [9.17, 15) is 4.79 Å². The predicted molar refractivity (Wildman–Crippen MR) is 128 cm³/mol. The molecule has 8 nitrogen and oxygen atoms in total. The minimum Gasteiger partial charge on any atom is -0.457 e. The summed E-state index contributed by atoms with van der Waals surface area (Å²) < 4.78 is 10.8. The molecule has 0 aliphatic heterocycles. The van der Waals surface area contributed by atoms with E-state index in [1.54, 1.807) is 7.11 Å². The van der Waals surface area contributed by atoms with Crippen LogP contribution in [0.4, 0.5) is 11.6 Å². The van der Waals surface area contributed by atoms with E-state index >= 15 is 0 Å². The third kappa shape index (κ3) is 5.78. The van der Waals surface area contributed by atoms with Crippen molar-refractivity contribution in [1.29, 1.82) is 0 Å². The van der Waals surface area contributed by atoms with Crippen LogP contribution in [0.3, 0.4) is 0 Å². The summed E-state index contributed by atoms with van der Waals surface area (Å²) in [4.78, 5) is 21.0. The van der Waals surface area contributed by atoms with Crippen molar-refractivity contribution in [2.24, 2.45) is 5.92 Å². The molecule has 1 fully saturated rings. The number of nitrogen functional groups attached to an aromatic ring is 1. The third-order valence-electron chi connectivity index (χ3n) is 5.78. The molecule has 2 aromatic carbocycles. The highest BCUT2D eigenvalue weighted by molar-refractivity contribution is 5.84. The molecule has 0 saturated heterocycles. The van der Waals surface area contributed by atoms with Gasteiger partial charge in [0.2, 0.25) is 5.91 Å². The molecule has 1 aliphatic carbocycles. The highest BCUT2D eigenvalue weighted by Gasteiger charge is 2.28. The Morgan fingerprint density at radius 3 is 2.58 bits per heavy atom. The summed E-state index contributed by atoms with van der Waals surface area (Å²) in [5.74, 6) is 2.54. The lowest BCUT2D eigenvalue weighted by Crippen LogP contribution is -2.38. The lowest BCUT2D eigenvalue weighted by atomic mass is 9.85. The molecule has 2 atom stereocenters. The first-order valence-electron chi connectivity index (χ1n) is 11.1. The van der Waals surface area contributed by atoms with Crippen molar-refractivity contribution < 1.29 is 14.3 Å². The van der Waals surface area contributed by atoms with Crippen molar-refractivity contribution in [3.8, 4) is 22.6 Å². The summed E-state index contributed by atoms with van der Waals surface area (Å²) in [6.07, 6.45) is 4.98. The molecule has 0 unspecified atom stereocenters. The normalized spacial score (nSPS) is 17.8. The fourth-order valence-corrected chi connectivity index (χ4v) is 4.15. The molecule has 4 rings (SSSR count). The Bertz CT molecular complexity index is 1060. The van der Waals surface area contributed by atoms with E-state index in [0.29, 0.717) is 11.6 Å². The van der Waals surface area contributed by atoms with Crippen molar-refractivity contribution in [3.63, 3.8) is 0 Å². The first kappa shape index (κ1) is 22.5. The molecule has 0 radical (unpaired) electrons. The van der Waals surface area contributed by atoms with Gasteiger partial charge in [-0.05, 0) is 49.1 Å². The zero-order chi connectivity index (χ0) is 23.0. The first-order valence-corrected chi connectivity index (χ1v) is 11.1. The summed E-state index contributed by atoms with van der Waals surface area (Å²) in [7, 11) is 1.56. The number of carbonyl (C=O) groups is 1. The number of ether oxygens (including phenoxy) is 2. The molecule has 0 bridgehead atoms. The van der Waals surface area contributed by atoms with Gasteiger partial charge in [0.1, 0.15) is 36.2 Å². The minimum absolute atomic E-state index is 0.0276. The van der Waals surface area contributed by atoms with Gasteiger partial charge in [-0.2, -0.15) is 0 Å². The van der Waals surface area contributed by atoms with Gasteiger partial charge in [-0.3, -0.25) is 4.79 Å². The molecular formula is C25H29N5O3. The molecule has 4 N–H and O–H groups in total. The SMILES string of the molecule is COCNC(=O)[C@H]1CCC[C@@H](Nc2ncnc(N)c2-c2ccc(Oc3ccccc3)cc2)C1. The number of para-hydroxylation sites is 1. The van der Waals surface area contributed by atoms with Crippen molar-refractivity contribution in [1.82, 2.24) is 15.3 Å². The van der Waals surface area contributed by atoms with E-state index in [2.05, 4.69) is 20.6 Å². The zero-order valence-corrected chi connectivity index (χ0v) is 18.7. The van der Waals surface area contributed by atoms with Crippen molar-refractivity contribution in [2.75, 3.05) is 24.9 Å². The summed E-state index contributed by atoms with van der Waals surface area (Å²) >= 11 is 0. The van der Waals surface area contributed by atoms with Crippen LogP contribution in [0.2, 0.25) is 0 Å². The molecule has 8 heteroatoms. The van der Waals surface area contributed by atoms with Crippen LogP contribution >= 0.6 is 0 Å². The third-order valence-corrected chi connectivity index (χ3v) is 5.78. The van der Waals surface area contributed by atoms with E-state index in [4.69, 9.17) is 15.2 Å². The maximum absolute atomic E-state index is 12.4. The molecule has 1 saturated carbocycles. The maximum atomic E-state index is 12.4. The van der Waals surface area contributed by atoms with Crippen LogP contribution in [0.25, 0.3) is 11.1 Å². The molecule has 0 spiro atoms. The fraction of sp³-hybridized carbons (Fsp3) is 0.320. The molecule has 1 aromatic heterocycles. The number of nitrogens with one attached hydrogen (secondary N) is 2. The lowest BCUT2D eigenvalue weighted by molar-refractivity contribution is -0.127. The summed E-state index contributed by atoms with van der Waals surface area (Å²) in [6, 6.07) is 17.4. The number of carbonyl (C=O) groups excluding carboxylic acids is 1. The van der Waals surface area contributed by atoms with Gasteiger partial charge < -0.3 is 25.8 Å². The molecule has 33 heavy (non-hydrogen) atoms. The Morgan fingerprint density at radius 2 is 1.82 bits per heavy atom. The predicted octanol–water partition coefficient (Wildman–Crippen LogP) is 4.21. The Hall–Kier alpha value is -3.65. The molecule has 172 valence electrons. The first-order chi connectivity index (χ1) is 16.1. The number of hydrogen-bond acceptors (Lipinski definition) is 7. The highest BCUT2D eigenvalue weighted by Crippen LogP contribution is 2.35. The number of amides is 1. The van der Waals surface area contributed by atoms with Gasteiger partial charge in [0.05, 0.1) is 5.56 Å². The van der Waals surface area contributed by atoms with Crippen LogP contribution in [0.1, 0.15) is 25.7 Å². The number of nitrogens with zero attached hydrogens (tertiary/aromatic N) is 2. The monoisotopic (exact) mass is 447 g/mol. The van der Waals surface area contributed by atoms with Crippen LogP contribution < -0.4 is 21.1 Å². The second kappa shape index (κ2) is 10.8. The van der Waals surface area contributed by atoms with E-state index in [0.717, 1.165) is 48.3 Å². The summed E-state index contributed by atoms with van der Waals surface area (Å²) in [5.41, 5.74) is 7.89. The minimum atomic E-state index is -0.0524. The number of nitrogens with two attached hydrogens (primary N) is 1. The standard InChI is InChI=1S/C25H29N5O3/c1-32-16-29-25(31)18-6-5-7-19(14-18)30-24-22(23(26)27-15-28-24)17-10-12-21(13-11-17)33-20-8-3-2-4-9-20/h2-4,8-13,15,18-19H,5-7,14,16H2,1H3,(H,29,31)(H3,26,27,28,30)/t18-,19+/m0/s1. The van der Waals surface area contributed by atoms with Crippen LogP contribution in [-0.2, 0) is 9.53 Å².